The Kier molecular flexibility index (Phi) is 3.87. The van der Waals surface area contributed by atoms with E-state index in [4.69, 9.17) is 16.3 Å². The van der Waals surface area contributed by atoms with Gasteiger partial charge in [0.2, 0.25) is 0 Å². The van der Waals surface area contributed by atoms with Crippen molar-refractivity contribution in [2.75, 3.05) is 4.90 Å². The molecule has 0 saturated heterocycles. The molecule has 0 radical (unpaired) electrons. The van der Waals surface area contributed by atoms with Gasteiger partial charge < -0.3 is 14.6 Å². The van der Waals surface area contributed by atoms with E-state index in [9.17, 15) is 14.7 Å². The third-order valence-electron chi connectivity index (χ3n) is 3.48. The summed E-state index contributed by atoms with van der Waals surface area (Å²) in [5.41, 5.74) is 0.364. The number of hydrogen-bond donors (Lipinski definition) is 0. The number of aliphatic carboxylic acids is 1. The monoisotopic (exact) mass is 332 g/mol. The van der Waals surface area contributed by atoms with E-state index < -0.39 is 17.9 Å². The number of amides is 1. The number of fused-ring (bicyclic) bond motifs is 2. The topological polar surface area (TPSA) is 95.5 Å². The van der Waals surface area contributed by atoms with Crippen molar-refractivity contribution in [3.05, 3.63) is 41.0 Å². The van der Waals surface area contributed by atoms with Crippen LogP contribution < -0.4 is 14.7 Å². The van der Waals surface area contributed by atoms with E-state index in [-0.39, 0.29) is 23.0 Å². The molecule has 2 aromatic rings. The largest absolute Gasteiger partial charge is 0.548 e. The lowest BCUT2D eigenvalue weighted by molar-refractivity contribution is -0.307. The van der Waals surface area contributed by atoms with Crippen molar-refractivity contribution in [1.29, 1.82) is 0 Å². The van der Waals surface area contributed by atoms with Crippen LogP contribution in [-0.2, 0) is 4.79 Å². The number of carbonyl (C=O) groups excluding carboxylic acids is 2. The van der Waals surface area contributed by atoms with Gasteiger partial charge in [-0.1, -0.05) is 30.7 Å². The summed E-state index contributed by atoms with van der Waals surface area (Å²) in [6, 6.07) is 6.75. The SMILES string of the molecule is CCC(C(=O)[O-])N1C(=O)c2cc(Cl)nnc2Oc2ccccc21. The summed E-state index contributed by atoms with van der Waals surface area (Å²) in [6.07, 6.45) is 0.171. The van der Waals surface area contributed by atoms with Gasteiger partial charge in [0.1, 0.15) is 5.56 Å². The number of para-hydroxylation sites is 2. The van der Waals surface area contributed by atoms with Crippen molar-refractivity contribution in [2.24, 2.45) is 0 Å². The summed E-state index contributed by atoms with van der Waals surface area (Å²) < 4.78 is 5.62. The Morgan fingerprint density at radius 1 is 1.39 bits per heavy atom. The maximum Gasteiger partial charge on any atom is 0.264 e. The molecule has 0 aliphatic carbocycles. The van der Waals surface area contributed by atoms with E-state index in [0.29, 0.717) is 11.4 Å². The van der Waals surface area contributed by atoms with Gasteiger partial charge in [-0.3, -0.25) is 9.69 Å². The first-order chi connectivity index (χ1) is 11.0. The van der Waals surface area contributed by atoms with E-state index in [1.54, 1.807) is 31.2 Å². The zero-order chi connectivity index (χ0) is 16.6. The van der Waals surface area contributed by atoms with Gasteiger partial charge >= 0.3 is 0 Å². The van der Waals surface area contributed by atoms with Gasteiger partial charge in [0.25, 0.3) is 11.8 Å². The van der Waals surface area contributed by atoms with E-state index in [1.165, 1.54) is 6.07 Å². The first-order valence-electron chi connectivity index (χ1n) is 6.87. The molecule has 1 unspecified atom stereocenters. The second-order valence-electron chi connectivity index (χ2n) is 4.87. The van der Waals surface area contributed by atoms with Gasteiger partial charge in [-0.05, 0) is 24.6 Å². The minimum absolute atomic E-state index is 0.00750. The highest BCUT2D eigenvalue weighted by atomic mass is 35.5. The lowest BCUT2D eigenvalue weighted by Gasteiger charge is -2.31. The molecule has 8 heteroatoms. The quantitative estimate of drug-likeness (QED) is 0.843. The predicted molar refractivity (Wildman–Crippen MR) is 79.5 cm³/mol. The summed E-state index contributed by atoms with van der Waals surface area (Å²) >= 11 is 5.80. The molecule has 0 fully saturated rings. The number of nitrogens with zero attached hydrogens (tertiary/aromatic N) is 3. The third kappa shape index (κ3) is 2.59. The van der Waals surface area contributed by atoms with Crippen LogP contribution in [0.25, 0.3) is 0 Å². The maximum absolute atomic E-state index is 12.9. The highest BCUT2D eigenvalue weighted by Crippen LogP contribution is 2.39. The Labute approximate surface area is 136 Å². The highest BCUT2D eigenvalue weighted by Gasteiger charge is 2.34. The molecule has 7 nitrogen and oxygen atoms in total. The molecule has 1 aliphatic heterocycles. The summed E-state index contributed by atoms with van der Waals surface area (Å²) in [5.74, 6) is -1.66. The summed E-state index contributed by atoms with van der Waals surface area (Å²) in [5, 5.41) is 18.9. The molecule has 3 rings (SSSR count). The van der Waals surface area contributed by atoms with Gasteiger partial charge in [-0.2, -0.15) is 0 Å². The first kappa shape index (κ1) is 15.2. The molecule has 1 aromatic heterocycles. The molecule has 0 spiro atoms. The van der Waals surface area contributed by atoms with Crippen LogP contribution in [0.2, 0.25) is 5.15 Å². The normalized spacial score (nSPS) is 14.3. The zero-order valence-corrected chi connectivity index (χ0v) is 12.8. The van der Waals surface area contributed by atoms with Crippen molar-refractivity contribution in [2.45, 2.75) is 19.4 Å². The van der Waals surface area contributed by atoms with Gasteiger partial charge in [0.05, 0.1) is 17.7 Å². The Morgan fingerprint density at radius 3 is 2.83 bits per heavy atom. The van der Waals surface area contributed by atoms with E-state index in [2.05, 4.69) is 10.2 Å². The Balaban J connectivity index is 2.24. The summed E-state index contributed by atoms with van der Waals surface area (Å²) in [7, 11) is 0. The average molecular weight is 333 g/mol. The Morgan fingerprint density at radius 2 is 2.13 bits per heavy atom. The fraction of sp³-hybridized carbons (Fsp3) is 0.200. The number of carbonyl (C=O) groups is 2. The van der Waals surface area contributed by atoms with Crippen molar-refractivity contribution in [3.8, 4) is 11.6 Å². The number of ether oxygens (including phenoxy) is 1. The second kappa shape index (κ2) is 5.85. The van der Waals surface area contributed by atoms with Crippen molar-refractivity contribution < 1.29 is 19.4 Å². The molecular weight excluding hydrogens is 322 g/mol. The zero-order valence-electron chi connectivity index (χ0n) is 12.0. The molecular formula is C15H11ClN3O4-. The smallest absolute Gasteiger partial charge is 0.264 e. The van der Waals surface area contributed by atoms with Crippen LogP contribution in [-0.4, -0.2) is 28.1 Å². The van der Waals surface area contributed by atoms with Crippen molar-refractivity contribution in [3.63, 3.8) is 0 Å². The van der Waals surface area contributed by atoms with Crippen LogP contribution in [0.1, 0.15) is 23.7 Å². The number of carboxylic acids is 1. The van der Waals surface area contributed by atoms with Crippen LogP contribution in [0.15, 0.2) is 30.3 Å². The van der Waals surface area contributed by atoms with Gasteiger partial charge in [0.15, 0.2) is 10.9 Å². The molecule has 0 bridgehead atoms. The average Bonchev–Trinajstić information content (AvgIpc) is 2.64. The van der Waals surface area contributed by atoms with Crippen molar-refractivity contribution >= 4 is 29.2 Å². The van der Waals surface area contributed by atoms with E-state index in [0.717, 1.165) is 4.90 Å². The van der Waals surface area contributed by atoms with Crippen molar-refractivity contribution in [1.82, 2.24) is 10.2 Å². The third-order valence-corrected chi connectivity index (χ3v) is 3.67. The first-order valence-corrected chi connectivity index (χ1v) is 7.25. The molecule has 118 valence electrons. The molecule has 0 N–H and O–H groups in total. The van der Waals surface area contributed by atoms with Crippen LogP contribution in [0.5, 0.6) is 11.6 Å². The van der Waals surface area contributed by atoms with E-state index >= 15 is 0 Å². The fourth-order valence-corrected chi connectivity index (χ4v) is 2.58. The summed E-state index contributed by atoms with van der Waals surface area (Å²) in [4.78, 5) is 25.5. The minimum atomic E-state index is -1.35. The number of anilines is 1. The van der Waals surface area contributed by atoms with Gasteiger partial charge in [-0.15, -0.1) is 10.2 Å². The number of rotatable bonds is 3. The highest BCUT2D eigenvalue weighted by molar-refractivity contribution is 6.30. The molecule has 2 heterocycles. The molecule has 1 atom stereocenters. The van der Waals surface area contributed by atoms with Gasteiger partial charge in [0, 0.05) is 0 Å². The Hall–Kier alpha value is -2.67. The maximum atomic E-state index is 12.9. The number of benzene rings is 1. The number of halogens is 1. The molecule has 23 heavy (non-hydrogen) atoms. The number of hydrogen-bond acceptors (Lipinski definition) is 6. The van der Waals surface area contributed by atoms with Gasteiger partial charge in [-0.25, -0.2) is 0 Å². The van der Waals surface area contributed by atoms with Crippen LogP contribution in [0, 0.1) is 0 Å². The minimum Gasteiger partial charge on any atom is -0.548 e. The molecule has 1 aromatic carbocycles. The molecule has 0 saturated carbocycles. The second-order valence-corrected chi connectivity index (χ2v) is 5.26. The summed E-state index contributed by atoms with van der Waals surface area (Å²) in [6.45, 7) is 1.65. The Bertz CT molecular complexity index is 796. The predicted octanol–water partition coefficient (Wildman–Crippen LogP) is 1.41. The number of carboxylic acid groups (broad SMARTS) is 1. The number of aromatic nitrogens is 2. The molecule has 1 aliphatic rings. The lowest BCUT2D eigenvalue weighted by Crippen LogP contribution is -2.50. The van der Waals surface area contributed by atoms with Crippen LogP contribution >= 0.6 is 11.6 Å². The standard InChI is InChI=1S/C15H12ClN3O4/c1-2-9(15(21)22)19-10-5-3-4-6-11(10)23-13-8(14(19)20)7-12(16)17-18-13/h3-7,9H,2H2,1H3,(H,21,22)/p-1. The van der Waals surface area contributed by atoms with Crippen LogP contribution in [0.4, 0.5) is 5.69 Å². The van der Waals surface area contributed by atoms with Crippen LogP contribution in [0.3, 0.4) is 0 Å². The van der Waals surface area contributed by atoms with E-state index in [1.807, 2.05) is 0 Å². The molecule has 1 amide bonds. The lowest BCUT2D eigenvalue weighted by atomic mass is 10.1. The fourth-order valence-electron chi connectivity index (χ4n) is 2.44.